The third kappa shape index (κ3) is 2.42. The zero-order chi connectivity index (χ0) is 10.8. The summed E-state index contributed by atoms with van der Waals surface area (Å²) in [7, 11) is 0. The first-order valence-corrected chi connectivity index (χ1v) is 6.29. The molecule has 1 aliphatic heterocycles. The zero-order valence-electron chi connectivity index (χ0n) is 9.29. The Morgan fingerprint density at radius 2 is 2.27 bits per heavy atom. The monoisotopic (exact) mass is 272 g/mol. The molecule has 0 aliphatic carbocycles. The summed E-state index contributed by atoms with van der Waals surface area (Å²) >= 11 is 3.54. The van der Waals surface area contributed by atoms with Crippen LogP contribution in [0.1, 0.15) is 30.7 Å². The summed E-state index contributed by atoms with van der Waals surface area (Å²) in [6, 6.07) is 0. The van der Waals surface area contributed by atoms with Gasteiger partial charge in [-0.2, -0.15) is 5.10 Å². The van der Waals surface area contributed by atoms with E-state index in [0.29, 0.717) is 6.10 Å². The van der Waals surface area contributed by atoms with Crippen LogP contribution >= 0.6 is 15.9 Å². The fraction of sp³-hybridized carbons (Fsp3) is 0.727. The molecule has 0 aromatic carbocycles. The van der Waals surface area contributed by atoms with Gasteiger partial charge in [0.25, 0.3) is 0 Å². The van der Waals surface area contributed by atoms with Gasteiger partial charge in [0.1, 0.15) is 0 Å². The van der Waals surface area contributed by atoms with Gasteiger partial charge in [0.2, 0.25) is 0 Å². The first-order valence-electron chi connectivity index (χ1n) is 5.49. The van der Waals surface area contributed by atoms with E-state index in [1.54, 1.807) is 0 Å². The minimum atomic E-state index is 0.351. The topological polar surface area (TPSA) is 27.1 Å². The molecular weight excluding hydrogens is 256 g/mol. The van der Waals surface area contributed by atoms with Gasteiger partial charge >= 0.3 is 0 Å². The highest BCUT2D eigenvalue weighted by Gasteiger charge is 2.17. The van der Waals surface area contributed by atoms with Crippen molar-refractivity contribution >= 4 is 15.9 Å². The van der Waals surface area contributed by atoms with Crippen molar-refractivity contribution in [2.75, 3.05) is 6.61 Å². The average molecular weight is 273 g/mol. The molecule has 0 saturated carbocycles. The zero-order valence-corrected chi connectivity index (χ0v) is 10.9. The van der Waals surface area contributed by atoms with Crippen LogP contribution in [0.3, 0.4) is 0 Å². The van der Waals surface area contributed by atoms with Gasteiger partial charge in [0.15, 0.2) is 0 Å². The van der Waals surface area contributed by atoms with E-state index >= 15 is 0 Å². The van der Waals surface area contributed by atoms with E-state index in [2.05, 4.69) is 32.6 Å². The maximum absolute atomic E-state index is 5.71. The molecule has 1 aromatic rings. The largest absolute Gasteiger partial charge is 0.376 e. The van der Waals surface area contributed by atoms with Gasteiger partial charge in [-0.15, -0.1) is 0 Å². The normalized spacial score (nSPS) is 21.9. The average Bonchev–Trinajstić information content (AvgIpc) is 2.48. The van der Waals surface area contributed by atoms with Gasteiger partial charge in [0, 0.05) is 12.3 Å². The van der Waals surface area contributed by atoms with Crippen LogP contribution in [0.15, 0.2) is 4.47 Å². The molecule has 2 heterocycles. The highest BCUT2D eigenvalue weighted by molar-refractivity contribution is 9.10. The molecule has 0 amide bonds. The molecule has 0 radical (unpaired) electrons. The predicted octanol–water partition coefficient (Wildman–Crippen LogP) is 2.83. The van der Waals surface area contributed by atoms with Gasteiger partial charge in [-0.05, 0) is 49.0 Å². The van der Waals surface area contributed by atoms with E-state index in [9.17, 15) is 0 Å². The van der Waals surface area contributed by atoms with Gasteiger partial charge in [-0.1, -0.05) is 0 Å². The molecule has 0 spiro atoms. The Balaban J connectivity index is 2.06. The van der Waals surface area contributed by atoms with Crippen molar-refractivity contribution in [2.45, 2.75) is 45.8 Å². The second-order valence-corrected chi connectivity index (χ2v) is 4.95. The molecular formula is C11H17BrN2O. The standard InChI is InChI=1S/C11H17BrN2O/c1-8-11(12)9(2)14(13-8)7-10-5-3-4-6-15-10/h10H,3-7H2,1-2H3. The fourth-order valence-corrected chi connectivity index (χ4v) is 2.28. The Labute approximate surface area is 98.9 Å². The number of rotatable bonds is 2. The number of nitrogens with zero attached hydrogens (tertiary/aromatic N) is 2. The lowest BCUT2D eigenvalue weighted by Gasteiger charge is -2.22. The number of halogens is 1. The lowest BCUT2D eigenvalue weighted by molar-refractivity contribution is 0.00360. The molecule has 1 saturated heterocycles. The molecule has 1 aromatic heterocycles. The quantitative estimate of drug-likeness (QED) is 0.828. The van der Waals surface area contributed by atoms with E-state index in [-0.39, 0.29) is 0 Å². The second kappa shape index (κ2) is 4.66. The van der Waals surface area contributed by atoms with Crippen molar-refractivity contribution in [1.29, 1.82) is 0 Å². The highest BCUT2D eigenvalue weighted by atomic mass is 79.9. The molecule has 1 atom stereocenters. The lowest BCUT2D eigenvalue weighted by atomic mass is 10.1. The van der Waals surface area contributed by atoms with E-state index in [4.69, 9.17) is 4.74 Å². The van der Waals surface area contributed by atoms with Gasteiger partial charge in [-0.3, -0.25) is 4.68 Å². The summed E-state index contributed by atoms with van der Waals surface area (Å²) in [4.78, 5) is 0. The number of aryl methyl sites for hydroxylation is 1. The second-order valence-electron chi connectivity index (χ2n) is 4.16. The highest BCUT2D eigenvalue weighted by Crippen LogP contribution is 2.21. The van der Waals surface area contributed by atoms with Crippen molar-refractivity contribution < 1.29 is 4.74 Å². The molecule has 0 bridgehead atoms. The van der Waals surface area contributed by atoms with Crippen LogP contribution in [0.25, 0.3) is 0 Å². The summed E-state index contributed by atoms with van der Waals surface area (Å²) in [5.41, 5.74) is 2.25. The molecule has 0 N–H and O–H groups in total. The number of hydrogen-bond donors (Lipinski definition) is 0. The summed E-state index contributed by atoms with van der Waals surface area (Å²) in [5, 5.41) is 4.49. The van der Waals surface area contributed by atoms with Crippen molar-refractivity contribution in [3.63, 3.8) is 0 Å². The maximum atomic E-state index is 5.71. The third-order valence-electron chi connectivity index (χ3n) is 2.94. The van der Waals surface area contributed by atoms with Crippen LogP contribution in [0.2, 0.25) is 0 Å². The van der Waals surface area contributed by atoms with Crippen LogP contribution in [0, 0.1) is 13.8 Å². The molecule has 1 unspecified atom stereocenters. The molecule has 3 nitrogen and oxygen atoms in total. The summed E-state index contributed by atoms with van der Waals surface area (Å²) in [6.07, 6.45) is 4.00. The van der Waals surface area contributed by atoms with Gasteiger partial charge in [-0.25, -0.2) is 0 Å². The predicted molar refractivity (Wildman–Crippen MR) is 63.0 cm³/mol. The van der Waals surface area contributed by atoms with Gasteiger partial charge < -0.3 is 4.74 Å². The van der Waals surface area contributed by atoms with Crippen molar-refractivity contribution in [1.82, 2.24) is 9.78 Å². The SMILES string of the molecule is Cc1nn(CC2CCCCO2)c(C)c1Br. The molecule has 1 aliphatic rings. The van der Waals surface area contributed by atoms with E-state index in [0.717, 1.165) is 29.7 Å². The van der Waals surface area contributed by atoms with Crippen LogP contribution in [0.4, 0.5) is 0 Å². The molecule has 2 rings (SSSR count). The smallest absolute Gasteiger partial charge is 0.0771 e. The summed E-state index contributed by atoms with van der Waals surface area (Å²) < 4.78 is 8.88. The fourth-order valence-electron chi connectivity index (χ4n) is 2.00. The first-order chi connectivity index (χ1) is 7.18. The summed E-state index contributed by atoms with van der Waals surface area (Å²) in [6.45, 7) is 5.91. The van der Waals surface area contributed by atoms with E-state index in [1.165, 1.54) is 18.5 Å². The summed E-state index contributed by atoms with van der Waals surface area (Å²) in [5.74, 6) is 0. The number of ether oxygens (including phenoxy) is 1. The Bertz CT molecular complexity index is 343. The van der Waals surface area contributed by atoms with Crippen LogP contribution < -0.4 is 0 Å². The van der Waals surface area contributed by atoms with Crippen LogP contribution in [0.5, 0.6) is 0 Å². The Hall–Kier alpha value is -0.350. The van der Waals surface area contributed by atoms with Gasteiger partial charge in [0.05, 0.1) is 22.8 Å². The lowest BCUT2D eigenvalue weighted by Crippen LogP contribution is -2.25. The minimum absolute atomic E-state index is 0.351. The number of aromatic nitrogens is 2. The van der Waals surface area contributed by atoms with E-state index < -0.39 is 0 Å². The Kier molecular flexibility index (Phi) is 3.46. The minimum Gasteiger partial charge on any atom is -0.376 e. The van der Waals surface area contributed by atoms with Crippen LogP contribution in [-0.4, -0.2) is 22.5 Å². The first kappa shape index (κ1) is 11.1. The molecule has 84 valence electrons. The number of hydrogen-bond acceptors (Lipinski definition) is 2. The van der Waals surface area contributed by atoms with Crippen LogP contribution in [-0.2, 0) is 11.3 Å². The molecule has 4 heteroatoms. The Morgan fingerprint density at radius 3 is 2.80 bits per heavy atom. The Morgan fingerprint density at radius 1 is 1.47 bits per heavy atom. The van der Waals surface area contributed by atoms with Crippen molar-refractivity contribution in [3.8, 4) is 0 Å². The third-order valence-corrected chi connectivity index (χ3v) is 4.09. The maximum Gasteiger partial charge on any atom is 0.0771 e. The van der Waals surface area contributed by atoms with Crippen molar-refractivity contribution in [2.24, 2.45) is 0 Å². The van der Waals surface area contributed by atoms with Crippen molar-refractivity contribution in [3.05, 3.63) is 15.9 Å². The molecule has 1 fully saturated rings. The molecule has 15 heavy (non-hydrogen) atoms. The van der Waals surface area contributed by atoms with E-state index in [1.807, 2.05) is 6.92 Å².